The molecule has 0 N–H and O–H groups in total. The Hall–Kier alpha value is -1.87. The molecular formula is C17H21FN4O2S2. The van der Waals surface area contributed by atoms with Crippen LogP contribution in [0.25, 0.3) is 0 Å². The maximum absolute atomic E-state index is 13.1. The molecule has 0 aliphatic carbocycles. The maximum atomic E-state index is 13.1. The van der Waals surface area contributed by atoms with Crippen LogP contribution in [0.1, 0.15) is 13.8 Å². The first-order chi connectivity index (χ1) is 12.6. The van der Waals surface area contributed by atoms with Crippen molar-refractivity contribution in [2.75, 3.05) is 42.6 Å². The molecule has 0 bridgehead atoms. The Morgan fingerprint density at radius 3 is 2.54 bits per heavy atom. The zero-order valence-corrected chi connectivity index (χ0v) is 16.4. The van der Waals surface area contributed by atoms with Gasteiger partial charge in [-0.25, -0.2) is 4.39 Å². The van der Waals surface area contributed by atoms with Crippen molar-refractivity contribution in [2.24, 2.45) is 0 Å². The van der Waals surface area contributed by atoms with Crippen LogP contribution >= 0.6 is 23.1 Å². The van der Waals surface area contributed by atoms with E-state index in [0.717, 1.165) is 41.3 Å². The number of hydrogen-bond acceptors (Lipinski definition) is 8. The Balaban J connectivity index is 1.54. The average Bonchev–Trinajstić information content (AvgIpc) is 3.11. The number of hydrogen-bond donors (Lipinski definition) is 0. The van der Waals surface area contributed by atoms with E-state index < -0.39 is 0 Å². The van der Waals surface area contributed by atoms with Crippen LogP contribution in [-0.4, -0.2) is 54.2 Å². The van der Waals surface area contributed by atoms with Crippen LogP contribution in [0.3, 0.4) is 0 Å². The molecule has 9 heteroatoms. The number of benzene rings is 1. The van der Waals surface area contributed by atoms with Gasteiger partial charge in [-0.05, 0) is 38.1 Å². The quantitative estimate of drug-likeness (QED) is 0.549. The van der Waals surface area contributed by atoms with Gasteiger partial charge in [-0.1, -0.05) is 23.1 Å². The number of halogens is 1. The third-order valence-electron chi connectivity index (χ3n) is 4.03. The number of piperazine rings is 1. The summed E-state index contributed by atoms with van der Waals surface area (Å²) >= 11 is 2.87. The van der Waals surface area contributed by atoms with Crippen LogP contribution in [0.2, 0.25) is 0 Å². The number of esters is 1. The summed E-state index contributed by atoms with van der Waals surface area (Å²) in [5.41, 5.74) is 1.03. The molecule has 2 aromatic rings. The SMILES string of the molecule is CCOC(=O)[C@@H](C)Sc1nnc(N2CCN(c3ccc(F)cc3)CC2)s1. The first-order valence-electron chi connectivity index (χ1n) is 8.49. The molecule has 1 aliphatic rings. The van der Waals surface area contributed by atoms with Crippen LogP contribution in [0.4, 0.5) is 15.2 Å². The number of aromatic nitrogens is 2. The molecule has 0 radical (unpaired) electrons. The minimum Gasteiger partial charge on any atom is -0.465 e. The molecule has 1 saturated heterocycles. The fourth-order valence-corrected chi connectivity index (χ4v) is 4.68. The largest absolute Gasteiger partial charge is 0.465 e. The van der Waals surface area contributed by atoms with E-state index in [9.17, 15) is 9.18 Å². The second-order valence-electron chi connectivity index (χ2n) is 5.81. The zero-order valence-electron chi connectivity index (χ0n) is 14.7. The minimum atomic E-state index is -0.300. The number of anilines is 2. The fraction of sp³-hybridized carbons (Fsp3) is 0.471. The number of thioether (sulfide) groups is 1. The normalized spacial score (nSPS) is 15.8. The zero-order chi connectivity index (χ0) is 18.5. The highest BCUT2D eigenvalue weighted by molar-refractivity contribution is 8.02. The molecule has 0 amide bonds. The van der Waals surface area contributed by atoms with E-state index >= 15 is 0 Å². The van der Waals surface area contributed by atoms with E-state index in [0.29, 0.717) is 6.61 Å². The van der Waals surface area contributed by atoms with E-state index in [4.69, 9.17) is 4.74 Å². The van der Waals surface area contributed by atoms with Gasteiger partial charge in [0.05, 0.1) is 6.61 Å². The van der Waals surface area contributed by atoms with Crippen molar-refractivity contribution < 1.29 is 13.9 Å². The van der Waals surface area contributed by atoms with Crippen molar-refractivity contribution in [3.05, 3.63) is 30.1 Å². The summed E-state index contributed by atoms with van der Waals surface area (Å²) < 4.78 is 18.8. The Morgan fingerprint density at radius 1 is 1.23 bits per heavy atom. The van der Waals surface area contributed by atoms with Crippen LogP contribution in [0, 0.1) is 5.82 Å². The third-order valence-corrected chi connectivity index (χ3v) is 6.18. The van der Waals surface area contributed by atoms with Crippen molar-refractivity contribution in [1.29, 1.82) is 0 Å². The summed E-state index contributed by atoms with van der Waals surface area (Å²) in [5.74, 6) is -0.453. The molecule has 1 atom stereocenters. The molecule has 2 heterocycles. The standard InChI is InChI=1S/C17H21FN4O2S2/c1-3-24-15(23)12(2)25-17-20-19-16(26-17)22-10-8-21(9-11-22)14-6-4-13(18)5-7-14/h4-7,12H,3,8-11H2,1-2H3/t12-/m1/s1. The second-order valence-corrected chi connectivity index (χ2v) is 8.36. The van der Waals surface area contributed by atoms with Gasteiger partial charge in [0.2, 0.25) is 5.13 Å². The topological polar surface area (TPSA) is 58.6 Å². The number of carbonyl (C=O) groups is 1. The predicted octanol–water partition coefficient (Wildman–Crippen LogP) is 3.05. The monoisotopic (exact) mass is 396 g/mol. The van der Waals surface area contributed by atoms with Gasteiger partial charge < -0.3 is 14.5 Å². The van der Waals surface area contributed by atoms with Crippen molar-refractivity contribution >= 4 is 39.9 Å². The van der Waals surface area contributed by atoms with E-state index in [1.807, 2.05) is 19.1 Å². The molecule has 0 spiro atoms. The highest BCUT2D eigenvalue weighted by Gasteiger charge is 2.22. The van der Waals surface area contributed by atoms with Crippen LogP contribution in [0.5, 0.6) is 0 Å². The fourth-order valence-electron chi connectivity index (χ4n) is 2.64. The predicted molar refractivity (Wildman–Crippen MR) is 103 cm³/mol. The average molecular weight is 397 g/mol. The van der Waals surface area contributed by atoms with Gasteiger partial charge in [0.25, 0.3) is 0 Å². The molecule has 1 fully saturated rings. The molecule has 1 aromatic carbocycles. The summed E-state index contributed by atoms with van der Waals surface area (Å²) in [6, 6.07) is 6.59. The van der Waals surface area contributed by atoms with Crippen molar-refractivity contribution in [2.45, 2.75) is 23.4 Å². The van der Waals surface area contributed by atoms with Gasteiger partial charge in [0, 0.05) is 31.9 Å². The number of ether oxygens (including phenoxy) is 1. The molecule has 6 nitrogen and oxygen atoms in total. The number of carbonyl (C=O) groups excluding carboxylic acids is 1. The molecule has 3 rings (SSSR count). The summed E-state index contributed by atoms with van der Waals surface area (Å²) in [5, 5.41) is 9.01. The number of rotatable bonds is 6. The molecule has 0 saturated carbocycles. The van der Waals surface area contributed by atoms with Crippen LogP contribution in [0.15, 0.2) is 28.6 Å². The van der Waals surface area contributed by atoms with Crippen molar-refractivity contribution in [1.82, 2.24) is 10.2 Å². The molecule has 26 heavy (non-hydrogen) atoms. The second kappa shape index (κ2) is 8.68. The summed E-state index contributed by atoms with van der Waals surface area (Å²) in [4.78, 5) is 16.1. The van der Waals surface area contributed by atoms with E-state index in [-0.39, 0.29) is 17.0 Å². The Kier molecular flexibility index (Phi) is 6.31. The van der Waals surface area contributed by atoms with Gasteiger partial charge in [0.1, 0.15) is 11.1 Å². The lowest BCUT2D eigenvalue weighted by Crippen LogP contribution is -2.46. The lowest BCUT2D eigenvalue weighted by molar-refractivity contribution is -0.142. The highest BCUT2D eigenvalue weighted by Crippen LogP contribution is 2.32. The van der Waals surface area contributed by atoms with E-state index in [2.05, 4.69) is 20.0 Å². The molecular weight excluding hydrogens is 375 g/mol. The summed E-state index contributed by atoms with van der Waals surface area (Å²) in [7, 11) is 0. The Labute approximate surface area is 160 Å². The Morgan fingerprint density at radius 2 is 1.88 bits per heavy atom. The maximum Gasteiger partial charge on any atom is 0.319 e. The number of nitrogens with zero attached hydrogens (tertiary/aromatic N) is 4. The molecule has 140 valence electrons. The van der Waals surface area contributed by atoms with Gasteiger partial charge in [-0.2, -0.15) is 0 Å². The van der Waals surface area contributed by atoms with Crippen LogP contribution in [-0.2, 0) is 9.53 Å². The Bertz CT molecular complexity index is 733. The van der Waals surface area contributed by atoms with Gasteiger partial charge in [0.15, 0.2) is 4.34 Å². The third kappa shape index (κ3) is 4.64. The first-order valence-corrected chi connectivity index (χ1v) is 10.2. The van der Waals surface area contributed by atoms with Crippen molar-refractivity contribution in [3.63, 3.8) is 0 Å². The van der Waals surface area contributed by atoms with Crippen molar-refractivity contribution in [3.8, 4) is 0 Å². The summed E-state index contributed by atoms with van der Waals surface area (Å²) in [6.07, 6.45) is 0. The first kappa shape index (κ1) is 18.9. The molecule has 0 unspecified atom stereocenters. The van der Waals surface area contributed by atoms with Crippen LogP contribution < -0.4 is 9.80 Å². The van der Waals surface area contributed by atoms with E-state index in [1.165, 1.54) is 35.2 Å². The van der Waals surface area contributed by atoms with E-state index in [1.54, 1.807) is 6.92 Å². The molecule has 1 aliphatic heterocycles. The lowest BCUT2D eigenvalue weighted by atomic mass is 10.2. The van der Waals surface area contributed by atoms with Gasteiger partial charge in [-0.3, -0.25) is 4.79 Å². The smallest absolute Gasteiger partial charge is 0.319 e. The lowest BCUT2D eigenvalue weighted by Gasteiger charge is -2.35. The highest BCUT2D eigenvalue weighted by atomic mass is 32.2. The van der Waals surface area contributed by atoms with Gasteiger partial charge in [-0.15, -0.1) is 10.2 Å². The molecule has 1 aromatic heterocycles. The van der Waals surface area contributed by atoms with Gasteiger partial charge >= 0.3 is 5.97 Å². The summed E-state index contributed by atoms with van der Waals surface area (Å²) in [6.45, 7) is 7.31. The minimum absolute atomic E-state index is 0.219.